The van der Waals surface area contributed by atoms with Crippen LogP contribution in [0.5, 0.6) is 0 Å². The molecule has 0 aromatic heterocycles. The fourth-order valence-corrected chi connectivity index (χ4v) is 2.78. The smallest absolute Gasteiger partial charge is 0.0366 e. The van der Waals surface area contributed by atoms with Gasteiger partial charge in [-0.2, -0.15) is 0 Å². The van der Waals surface area contributed by atoms with Gasteiger partial charge in [0, 0.05) is 24.8 Å². The molecule has 0 radical (unpaired) electrons. The molecule has 0 bridgehead atoms. The number of nitrogens with zero attached hydrogens (tertiary/aromatic N) is 1. The third-order valence-corrected chi connectivity index (χ3v) is 4.06. The van der Waals surface area contributed by atoms with Crippen LogP contribution in [0.3, 0.4) is 0 Å². The van der Waals surface area contributed by atoms with Crippen molar-refractivity contribution in [2.75, 3.05) is 24.5 Å². The summed E-state index contributed by atoms with van der Waals surface area (Å²) in [5.74, 6) is 0. The van der Waals surface area contributed by atoms with Gasteiger partial charge in [0.15, 0.2) is 0 Å². The van der Waals surface area contributed by atoms with Gasteiger partial charge < -0.3 is 10.2 Å². The maximum Gasteiger partial charge on any atom is 0.0366 e. The molecule has 1 unspecified atom stereocenters. The van der Waals surface area contributed by atoms with Gasteiger partial charge in [-0.25, -0.2) is 0 Å². The molecule has 2 nitrogen and oxygen atoms in total. The van der Waals surface area contributed by atoms with Gasteiger partial charge >= 0.3 is 0 Å². The first-order chi connectivity index (χ1) is 9.31. The van der Waals surface area contributed by atoms with Crippen molar-refractivity contribution < 1.29 is 0 Å². The molecule has 1 N–H and O–H groups in total. The van der Waals surface area contributed by atoms with E-state index in [1.54, 1.807) is 0 Å². The molecule has 19 heavy (non-hydrogen) atoms. The molecule has 2 heteroatoms. The van der Waals surface area contributed by atoms with Crippen molar-refractivity contribution in [1.29, 1.82) is 0 Å². The fourth-order valence-electron chi connectivity index (χ4n) is 2.78. The van der Waals surface area contributed by atoms with Crippen LogP contribution in [0.4, 0.5) is 5.69 Å². The Morgan fingerprint density at radius 3 is 2.26 bits per heavy atom. The quantitative estimate of drug-likeness (QED) is 0.856. The Kier molecular flexibility index (Phi) is 5.71. The van der Waals surface area contributed by atoms with E-state index in [1.807, 2.05) is 0 Å². The lowest BCUT2D eigenvalue weighted by Crippen LogP contribution is -2.24. The van der Waals surface area contributed by atoms with E-state index < -0.39 is 0 Å². The second-order valence-corrected chi connectivity index (χ2v) is 5.67. The van der Waals surface area contributed by atoms with Crippen molar-refractivity contribution in [3.8, 4) is 0 Å². The third kappa shape index (κ3) is 4.24. The topological polar surface area (TPSA) is 15.3 Å². The number of rotatable bonds is 5. The van der Waals surface area contributed by atoms with Crippen LogP contribution in [0.15, 0.2) is 24.3 Å². The normalized spacial score (nSPS) is 18.1. The first-order valence-corrected chi connectivity index (χ1v) is 7.89. The van der Waals surface area contributed by atoms with Crippen LogP contribution in [-0.4, -0.2) is 19.6 Å². The van der Waals surface area contributed by atoms with Gasteiger partial charge in [0.25, 0.3) is 0 Å². The predicted molar refractivity (Wildman–Crippen MR) is 83.8 cm³/mol. The molecule has 1 heterocycles. The lowest BCUT2D eigenvalue weighted by molar-refractivity contribution is 0.570. The van der Waals surface area contributed by atoms with Crippen molar-refractivity contribution in [3.63, 3.8) is 0 Å². The molecule has 1 aliphatic heterocycles. The molecule has 1 aromatic rings. The molecule has 0 spiro atoms. The van der Waals surface area contributed by atoms with Crippen molar-refractivity contribution in [3.05, 3.63) is 29.8 Å². The lowest BCUT2D eigenvalue weighted by Gasteiger charge is -2.23. The van der Waals surface area contributed by atoms with Gasteiger partial charge in [0.05, 0.1) is 0 Å². The molecule has 1 atom stereocenters. The first kappa shape index (κ1) is 14.4. The van der Waals surface area contributed by atoms with E-state index in [4.69, 9.17) is 0 Å². The van der Waals surface area contributed by atoms with Crippen LogP contribution >= 0.6 is 0 Å². The summed E-state index contributed by atoms with van der Waals surface area (Å²) in [5, 5.41) is 3.54. The summed E-state index contributed by atoms with van der Waals surface area (Å²) in [4.78, 5) is 2.54. The second kappa shape index (κ2) is 7.54. The molecular weight excluding hydrogens is 232 g/mol. The average molecular weight is 260 g/mol. The lowest BCUT2D eigenvalue weighted by atomic mass is 10.1. The van der Waals surface area contributed by atoms with Crippen LogP contribution < -0.4 is 10.2 Å². The molecule has 1 saturated heterocycles. The highest BCUT2D eigenvalue weighted by Crippen LogP contribution is 2.22. The van der Waals surface area contributed by atoms with E-state index in [1.165, 1.54) is 56.4 Å². The van der Waals surface area contributed by atoms with E-state index in [2.05, 4.69) is 48.3 Å². The van der Waals surface area contributed by atoms with Gasteiger partial charge in [0.1, 0.15) is 0 Å². The minimum absolute atomic E-state index is 0.457. The highest BCUT2D eigenvalue weighted by atomic mass is 15.1. The first-order valence-electron chi connectivity index (χ1n) is 7.89. The zero-order valence-corrected chi connectivity index (χ0v) is 12.5. The summed E-state index contributed by atoms with van der Waals surface area (Å²) < 4.78 is 0. The van der Waals surface area contributed by atoms with E-state index in [0.29, 0.717) is 6.04 Å². The Balaban J connectivity index is 1.96. The van der Waals surface area contributed by atoms with Crippen molar-refractivity contribution in [2.24, 2.45) is 0 Å². The minimum Gasteiger partial charge on any atom is -0.372 e. The van der Waals surface area contributed by atoms with Gasteiger partial charge in [-0.05, 0) is 50.4 Å². The molecule has 1 fully saturated rings. The molecule has 1 aliphatic rings. The maximum atomic E-state index is 3.54. The summed E-state index contributed by atoms with van der Waals surface area (Å²) in [6.07, 6.45) is 6.67. The Labute approximate surface area is 118 Å². The molecular formula is C17H28N2. The highest BCUT2D eigenvalue weighted by Gasteiger charge is 2.10. The molecule has 106 valence electrons. The Bertz CT molecular complexity index is 350. The Morgan fingerprint density at radius 1 is 1.05 bits per heavy atom. The number of nitrogens with one attached hydrogen (secondary N) is 1. The third-order valence-electron chi connectivity index (χ3n) is 4.06. The summed E-state index contributed by atoms with van der Waals surface area (Å²) >= 11 is 0. The van der Waals surface area contributed by atoms with E-state index in [9.17, 15) is 0 Å². The second-order valence-electron chi connectivity index (χ2n) is 5.67. The zero-order chi connectivity index (χ0) is 13.5. The number of benzene rings is 1. The van der Waals surface area contributed by atoms with Crippen molar-refractivity contribution in [2.45, 2.75) is 52.0 Å². The van der Waals surface area contributed by atoms with Crippen LogP contribution in [0, 0.1) is 0 Å². The monoisotopic (exact) mass is 260 g/mol. The highest BCUT2D eigenvalue weighted by molar-refractivity contribution is 5.48. The van der Waals surface area contributed by atoms with Gasteiger partial charge in [-0.15, -0.1) is 0 Å². The average Bonchev–Trinajstić information content (AvgIpc) is 2.74. The van der Waals surface area contributed by atoms with Crippen LogP contribution in [-0.2, 0) is 0 Å². The molecule has 0 amide bonds. The Hall–Kier alpha value is -1.02. The summed E-state index contributed by atoms with van der Waals surface area (Å²) in [5.41, 5.74) is 2.79. The van der Waals surface area contributed by atoms with E-state index >= 15 is 0 Å². The summed E-state index contributed by atoms with van der Waals surface area (Å²) in [7, 11) is 0. The minimum atomic E-state index is 0.457. The zero-order valence-electron chi connectivity index (χ0n) is 12.5. The molecule has 0 aliphatic carbocycles. The van der Waals surface area contributed by atoms with Gasteiger partial charge in [-0.3, -0.25) is 0 Å². The van der Waals surface area contributed by atoms with Gasteiger partial charge in [0.2, 0.25) is 0 Å². The maximum absolute atomic E-state index is 3.54. The van der Waals surface area contributed by atoms with Crippen LogP contribution in [0.25, 0.3) is 0 Å². The number of hydrogen-bond acceptors (Lipinski definition) is 2. The SMILES string of the molecule is CCCNC(C)c1ccc(N2CCCCCC2)cc1. The molecule has 2 rings (SSSR count). The van der Waals surface area contributed by atoms with Crippen molar-refractivity contribution >= 4 is 5.69 Å². The summed E-state index contributed by atoms with van der Waals surface area (Å²) in [6, 6.07) is 9.62. The standard InChI is InChI=1S/C17H28N2/c1-3-12-18-15(2)16-8-10-17(11-9-16)19-13-6-4-5-7-14-19/h8-11,15,18H,3-7,12-14H2,1-2H3. The largest absolute Gasteiger partial charge is 0.372 e. The number of hydrogen-bond donors (Lipinski definition) is 1. The predicted octanol–water partition coefficient (Wildman–Crippen LogP) is 4.13. The Morgan fingerprint density at radius 2 is 1.68 bits per heavy atom. The number of anilines is 1. The summed E-state index contributed by atoms with van der Waals surface area (Å²) in [6.45, 7) is 8.00. The van der Waals surface area contributed by atoms with Crippen molar-refractivity contribution in [1.82, 2.24) is 5.32 Å². The van der Waals surface area contributed by atoms with Crippen LogP contribution in [0.1, 0.15) is 57.6 Å². The fraction of sp³-hybridized carbons (Fsp3) is 0.647. The van der Waals surface area contributed by atoms with E-state index in [-0.39, 0.29) is 0 Å². The van der Waals surface area contributed by atoms with Gasteiger partial charge in [-0.1, -0.05) is 31.9 Å². The molecule has 1 aromatic carbocycles. The molecule has 0 saturated carbocycles. The van der Waals surface area contributed by atoms with E-state index in [0.717, 1.165) is 6.54 Å². The van der Waals surface area contributed by atoms with Crippen LogP contribution in [0.2, 0.25) is 0 Å².